The molecular formula is C14H21N3O2. The second-order valence-electron chi connectivity index (χ2n) is 4.31. The van der Waals surface area contributed by atoms with Gasteiger partial charge in [-0.3, -0.25) is 4.79 Å². The summed E-state index contributed by atoms with van der Waals surface area (Å²) in [5.74, 6) is -0.505. The van der Waals surface area contributed by atoms with Crippen LogP contribution in [0.5, 0.6) is 0 Å². The number of nitrogens with zero attached hydrogens (tertiary/aromatic N) is 1. The number of anilines is 1. The van der Waals surface area contributed by atoms with Crippen molar-refractivity contribution >= 4 is 17.6 Å². The lowest BCUT2D eigenvalue weighted by atomic mass is 10.2. The van der Waals surface area contributed by atoms with Gasteiger partial charge in [0.15, 0.2) is 0 Å². The number of primary amides is 1. The number of carbonyl (C=O) groups excluding carboxylic acids is 2. The Hall–Kier alpha value is -2.04. The highest BCUT2D eigenvalue weighted by Crippen LogP contribution is 2.11. The number of hydrogen-bond acceptors (Lipinski definition) is 2. The average molecular weight is 263 g/mol. The van der Waals surface area contributed by atoms with Crippen molar-refractivity contribution in [2.24, 2.45) is 5.73 Å². The lowest BCUT2D eigenvalue weighted by Crippen LogP contribution is -2.35. The molecule has 0 spiro atoms. The summed E-state index contributed by atoms with van der Waals surface area (Å²) >= 11 is 0. The topological polar surface area (TPSA) is 75.4 Å². The maximum absolute atomic E-state index is 12.0. The number of hydrogen-bond donors (Lipinski definition) is 2. The van der Waals surface area contributed by atoms with Crippen LogP contribution in [-0.4, -0.2) is 29.9 Å². The smallest absolute Gasteiger partial charge is 0.321 e. The molecule has 0 aliphatic rings. The fraction of sp³-hybridized carbons (Fsp3) is 0.429. The van der Waals surface area contributed by atoms with E-state index in [-0.39, 0.29) is 6.03 Å². The van der Waals surface area contributed by atoms with Gasteiger partial charge in [0.25, 0.3) is 0 Å². The standard InChI is InChI=1S/C14H21N3O2/c1-3-5-9-17(4-2)14(19)16-12-8-6-7-11(10-12)13(15)18/h6-8,10H,3-5,9H2,1-2H3,(H2,15,18)(H,16,19). The van der Waals surface area contributed by atoms with Crippen LogP contribution in [0.1, 0.15) is 37.0 Å². The molecule has 5 nitrogen and oxygen atoms in total. The van der Waals surface area contributed by atoms with Crippen LogP contribution in [0.2, 0.25) is 0 Å². The minimum atomic E-state index is -0.505. The molecule has 0 radical (unpaired) electrons. The van der Waals surface area contributed by atoms with Crippen molar-refractivity contribution in [3.63, 3.8) is 0 Å². The predicted octanol–water partition coefficient (Wildman–Crippen LogP) is 2.44. The van der Waals surface area contributed by atoms with Gasteiger partial charge < -0.3 is 16.0 Å². The van der Waals surface area contributed by atoms with Crippen molar-refractivity contribution in [2.75, 3.05) is 18.4 Å². The Labute approximate surface area is 113 Å². The molecule has 1 aromatic rings. The molecule has 1 rings (SSSR count). The van der Waals surface area contributed by atoms with Crippen LogP contribution in [0.3, 0.4) is 0 Å². The number of carbonyl (C=O) groups is 2. The molecule has 104 valence electrons. The summed E-state index contributed by atoms with van der Waals surface area (Å²) in [6, 6.07) is 6.47. The largest absolute Gasteiger partial charge is 0.366 e. The summed E-state index contributed by atoms with van der Waals surface area (Å²) in [4.78, 5) is 24.8. The van der Waals surface area contributed by atoms with Crippen LogP contribution in [0, 0.1) is 0 Å². The van der Waals surface area contributed by atoms with E-state index in [4.69, 9.17) is 5.73 Å². The van der Waals surface area contributed by atoms with Gasteiger partial charge in [0.2, 0.25) is 5.91 Å². The Morgan fingerprint density at radius 1 is 1.32 bits per heavy atom. The van der Waals surface area contributed by atoms with E-state index in [2.05, 4.69) is 12.2 Å². The van der Waals surface area contributed by atoms with Crippen molar-refractivity contribution in [3.8, 4) is 0 Å². The van der Waals surface area contributed by atoms with E-state index in [1.165, 1.54) is 0 Å². The first-order valence-electron chi connectivity index (χ1n) is 6.54. The molecular weight excluding hydrogens is 242 g/mol. The summed E-state index contributed by atoms with van der Waals surface area (Å²) in [6.45, 7) is 5.41. The minimum Gasteiger partial charge on any atom is -0.366 e. The normalized spacial score (nSPS) is 10.0. The Morgan fingerprint density at radius 3 is 2.63 bits per heavy atom. The molecule has 0 bridgehead atoms. The number of benzene rings is 1. The summed E-state index contributed by atoms with van der Waals surface area (Å²) in [5, 5.41) is 2.78. The number of nitrogens with two attached hydrogens (primary N) is 1. The van der Waals surface area contributed by atoms with E-state index < -0.39 is 5.91 Å². The van der Waals surface area contributed by atoms with Crippen LogP contribution in [-0.2, 0) is 0 Å². The van der Waals surface area contributed by atoms with Crippen molar-refractivity contribution in [3.05, 3.63) is 29.8 Å². The number of nitrogens with one attached hydrogen (secondary N) is 1. The molecule has 0 atom stereocenters. The number of unbranched alkanes of at least 4 members (excludes halogenated alkanes) is 1. The molecule has 0 aliphatic carbocycles. The summed E-state index contributed by atoms with van der Waals surface area (Å²) < 4.78 is 0. The third-order valence-corrected chi connectivity index (χ3v) is 2.85. The van der Waals surface area contributed by atoms with E-state index in [0.29, 0.717) is 17.8 Å². The summed E-state index contributed by atoms with van der Waals surface area (Å²) in [5.41, 5.74) is 6.17. The average Bonchev–Trinajstić information content (AvgIpc) is 2.40. The first-order valence-corrected chi connectivity index (χ1v) is 6.54. The first kappa shape index (κ1) is 15.0. The highest BCUT2D eigenvalue weighted by molar-refractivity contribution is 5.95. The Kier molecular flexibility index (Phi) is 5.85. The summed E-state index contributed by atoms with van der Waals surface area (Å²) in [7, 11) is 0. The molecule has 0 heterocycles. The highest BCUT2D eigenvalue weighted by atomic mass is 16.2. The zero-order valence-electron chi connectivity index (χ0n) is 11.5. The Bertz CT molecular complexity index is 446. The number of amides is 3. The number of rotatable bonds is 6. The molecule has 3 N–H and O–H groups in total. The highest BCUT2D eigenvalue weighted by Gasteiger charge is 2.11. The van der Waals surface area contributed by atoms with Gasteiger partial charge in [0, 0.05) is 24.3 Å². The maximum Gasteiger partial charge on any atom is 0.321 e. The number of urea groups is 1. The fourth-order valence-electron chi connectivity index (χ4n) is 1.70. The molecule has 1 aromatic carbocycles. The van der Waals surface area contributed by atoms with Gasteiger partial charge in [-0.2, -0.15) is 0 Å². The molecule has 0 unspecified atom stereocenters. The monoisotopic (exact) mass is 263 g/mol. The maximum atomic E-state index is 12.0. The van der Waals surface area contributed by atoms with Crippen LogP contribution in [0.4, 0.5) is 10.5 Å². The van der Waals surface area contributed by atoms with E-state index in [1.807, 2.05) is 6.92 Å². The Morgan fingerprint density at radius 2 is 2.05 bits per heavy atom. The van der Waals surface area contributed by atoms with E-state index >= 15 is 0 Å². The second-order valence-corrected chi connectivity index (χ2v) is 4.31. The minimum absolute atomic E-state index is 0.155. The van der Waals surface area contributed by atoms with Gasteiger partial charge in [-0.15, -0.1) is 0 Å². The fourth-order valence-corrected chi connectivity index (χ4v) is 1.70. The SMILES string of the molecule is CCCCN(CC)C(=O)Nc1cccc(C(N)=O)c1. The molecule has 0 aliphatic heterocycles. The molecule has 0 fully saturated rings. The van der Waals surface area contributed by atoms with Gasteiger partial charge in [0.05, 0.1) is 0 Å². The third kappa shape index (κ3) is 4.62. The van der Waals surface area contributed by atoms with Gasteiger partial charge in [-0.05, 0) is 31.5 Å². The van der Waals surface area contributed by atoms with Crippen molar-refractivity contribution in [1.29, 1.82) is 0 Å². The van der Waals surface area contributed by atoms with Crippen molar-refractivity contribution < 1.29 is 9.59 Å². The molecule has 0 saturated carbocycles. The van der Waals surface area contributed by atoms with E-state index in [0.717, 1.165) is 19.4 Å². The zero-order valence-corrected chi connectivity index (χ0v) is 11.5. The van der Waals surface area contributed by atoms with Crippen LogP contribution in [0.25, 0.3) is 0 Å². The third-order valence-electron chi connectivity index (χ3n) is 2.85. The van der Waals surface area contributed by atoms with Gasteiger partial charge >= 0.3 is 6.03 Å². The van der Waals surface area contributed by atoms with E-state index in [1.54, 1.807) is 29.2 Å². The lowest BCUT2D eigenvalue weighted by Gasteiger charge is -2.21. The molecule has 3 amide bonds. The zero-order chi connectivity index (χ0) is 14.3. The predicted molar refractivity (Wildman–Crippen MR) is 76.1 cm³/mol. The molecule has 5 heteroatoms. The van der Waals surface area contributed by atoms with Crippen molar-refractivity contribution in [1.82, 2.24) is 4.90 Å². The van der Waals surface area contributed by atoms with Gasteiger partial charge in [0.1, 0.15) is 0 Å². The molecule has 19 heavy (non-hydrogen) atoms. The molecule has 0 saturated heterocycles. The van der Waals surface area contributed by atoms with Crippen molar-refractivity contribution in [2.45, 2.75) is 26.7 Å². The van der Waals surface area contributed by atoms with Gasteiger partial charge in [-0.25, -0.2) is 4.79 Å². The first-order chi connectivity index (χ1) is 9.08. The quantitative estimate of drug-likeness (QED) is 0.827. The van der Waals surface area contributed by atoms with Crippen LogP contribution in [0.15, 0.2) is 24.3 Å². The molecule has 0 aromatic heterocycles. The van der Waals surface area contributed by atoms with Gasteiger partial charge in [-0.1, -0.05) is 19.4 Å². The lowest BCUT2D eigenvalue weighted by molar-refractivity contribution is 0.1000. The van der Waals surface area contributed by atoms with E-state index in [9.17, 15) is 9.59 Å². The van der Waals surface area contributed by atoms with Crippen LogP contribution >= 0.6 is 0 Å². The Balaban J connectivity index is 2.69. The summed E-state index contributed by atoms with van der Waals surface area (Å²) in [6.07, 6.45) is 2.02. The van der Waals surface area contributed by atoms with Crippen LogP contribution < -0.4 is 11.1 Å². The second kappa shape index (κ2) is 7.41.